The van der Waals surface area contributed by atoms with Crippen molar-refractivity contribution in [2.24, 2.45) is 0 Å². The van der Waals surface area contributed by atoms with Crippen molar-refractivity contribution in [1.82, 2.24) is 4.83 Å². The number of halogens is 2. The van der Waals surface area contributed by atoms with Crippen LogP contribution in [0, 0.1) is 20.2 Å². The Labute approximate surface area is 150 Å². The van der Waals surface area contributed by atoms with Gasteiger partial charge in [-0.15, -0.1) is 4.83 Å². The molecule has 0 saturated heterocycles. The summed E-state index contributed by atoms with van der Waals surface area (Å²) in [6.07, 6.45) is 0. The van der Waals surface area contributed by atoms with Crippen LogP contribution in [0.5, 0.6) is 0 Å². The van der Waals surface area contributed by atoms with E-state index >= 15 is 0 Å². The second-order valence-electron chi connectivity index (χ2n) is 4.52. The van der Waals surface area contributed by atoms with Gasteiger partial charge in [0.1, 0.15) is 10.6 Å². The number of nitrogens with one attached hydrogen (secondary N) is 2. The van der Waals surface area contributed by atoms with Crippen LogP contribution in [-0.4, -0.2) is 18.3 Å². The van der Waals surface area contributed by atoms with E-state index < -0.39 is 31.2 Å². The van der Waals surface area contributed by atoms with Crippen molar-refractivity contribution in [3.8, 4) is 0 Å². The third-order valence-electron chi connectivity index (χ3n) is 2.89. The summed E-state index contributed by atoms with van der Waals surface area (Å²) in [4.78, 5) is 21.6. The van der Waals surface area contributed by atoms with Crippen molar-refractivity contribution in [2.45, 2.75) is 4.90 Å². The molecule has 0 aromatic heterocycles. The number of nitro groups is 2. The highest BCUT2D eigenvalue weighted by atomic mass is 35.5. The van der Waals surface area contributed by atoms with Crippen molar-refractivity contribution in [3.63, 3.8) is 0 Å². The normalized spacial score (nSPS) is 11.1. The van der Waals surface area contributed by atoms with Crippen molar-refractivity contribution < 1.29 is 18.3 Å². The molecule has 132 valence electrons. The first kappa shape index (κ1) is 18.9. The minimum atomic E-state index is -4.21. The molecule has 0 unspecified atom stereocenters. The molecule has 0 spiro atoms. The van der Waals surface area contributed by atoms with Crippen molar-refractivity contribution in [3.05, 3.63) is 66.7 Å². The minimum Gasteiger partial charge on any atom is -0.302 e. The Balaban J connectivity index is 2.33. The lowest BCUT2D eigenvalue weighted by atomic mass is 10.2. The number of benzene rings is 2. The number of nitro benzene ring substituents is 2. The van der Waals surface area contributed by atoms with Gasteiger partial charge in [0, 0.05) is 11.1 Å². The molecule has 13 heteroatoms. The van der Waals surface area contributed by atoms with Gasteiger partial charge in [0.2, 0.25) is 0 Å². The molecule has 2 rings (SSSR count). The highest BCUT2D eigenvalue weighted by Gasteiger charge is 2.23. The van der Waals surface area contributed by atoms with Crippen LogP contribution in [0.1, 0.15) is 0 Å². The zero-order valence-electron chi connectivity index (χ0n) is 12.0. The fourth-order valence-electron chi connectivity index (χ4n) is 1.75. The van der Waals surface area contributed by atoms with Gasteiger partial charge in [-0.05, 0) is 24.3 Å². The number of hydrogen-bond acceptors (Lipinski definition) is 7. The summed E-state index contributed by atoms with van der Waals surface area (Å²) in [5, 5.41) is 21.7. The maximum atomic E-state index is 12.2. The van der Waals surface area contributed by atoms with Gasteiger partial charge in [0.15, 0.2) is 0 Å². The van der Waals surface area contributed by atoms with E-state index in [-0.39, 0.29) is 20.6 Å². The van der Waals surface area contributed by atoms with Gasteiger partial charge >= 0.3 is 5.69 Å². The lowest BCUT2D eigenvalue weighted by Gasteiger charge is -2.11. The van der Waals surface area contributed by atoms with Crippen LogP contribution < -0.4 is 10.3 Å². The maximum absolute atomic E-state index is 12.2. The molecule has 0 aliphatic rings. The van der Waals surface area contributed by atoms with E-state index in [1.165, 1.54) is 12.1 Å². The van der Waals surface area contributed by atoms with Crippen LogP contribution in [0.2, 0.25) is 10.0 Å². The Kier molecular flexibility index (Phi) is 5.42. The summed E-state index contributed by atoms with van der Waals surface area (Å²) in [6, 6.07) is 6.43. The van der Waals surface area contributed by atoms with Crippen LogP contribution in [0.15, 0.2) is 41.3 Å². The average molecular weight is 407 g/mol. The standard InChI is InChI=1S/C12H8Cl2N4O6S/c13-7-1-3-9(14)12(5-7)25(23,24)16-15-10-4-2-8(17(19)20)6-11(10)18(21)22/h1-6,15-16H. The molecule has 25 heavy (non-hydrogen) atoms. The van der Waals surface area contributed by atoms with Gasteiger partial charge in [-0.1, -0.05) is 23.2 Å². The number of anilines is 1. The number of rotatable bonds is 6. The van der Waals surface area contributed by atoms with Gasteiger partial charge in [0.05, 0.1) is 20.9 Å². The lowest BCUT2D eigenvalue weighted by Crippen LogP contribution is -2.30. The van der Waals surface area contributed by atoms with Gasteiger partial charge in [-0.25, -0.2) is 8.42 Å². The molecule has 0 fully saturated rings. The largest absolute Gasteiger partial charge is 0.302 e. The first-order valence-electron chi connectivity index (χ1n) is 6.27. The fraction of sp³-hybridized carbons (Fsp3) is 0. The number of hydrogen-bond donors (Lipinski definition) is 2. The predicted molar refractivity (Wildman–Crippen MR) is 90.2 cm³/mol. The van der Waals surface area contributed by atoms with Gasteiger partial charge in [0.25, 0.3) is 15.7 Å². The lowest BCUT2D eigenvalue weighted by molar-refractivity contribution is -0.393. The number of hydrazine groups is 1. The molecule has 0 amide bonds. The second kappa shape index (κ2) is 7.19. The summed E-state index contributed by atoms with van der Waals surface area (Å²) in [5.41, 5.74) is 0.646. The van der Waals surface area contributed by atoms with Crippen molar-refractivity contribution >= 4 is 50.3 Å². The number of sulfonamides is 1. The molecule has 0 radical (unpaired) electrons. The molecular weight excluding hydrogens is 399 g/mol. The summed E-state index contributed by atoms with van der Waals surface area (Å²) in [5.74, 6) is 0. The Hall–Kier alpha value is -2.47. The third-order valence-corrected chi connectivity index (χ3v) is 4.86. The third kappa shape index (κ3) is 4.33. The Morgan fingerprint density at radius 1 is 0.960 bits per heavy atom. The molecular formula is C12H8Cl2N4O6S. The molecule has 0 aliphatic carbocycles. The van der Waals surface area contributed by atoms with Crippen molar-refractivity contribution in [2.75, 3.05) is 5.43 Å². The summed E-state index contributed by atoms with van der Waals surface area (Å²) >= 11 is 11.5. The zero-order chi connectivity index (χ0) is 18.8. The highest BCUT2D eigenvalue weighted by Crippen LogP contribution is 2.29. The molecule has 0 saturated carbocycles. The molecule has 0 aliphatic heterocycles. The van der Waals surface area contributed by atoms with E-state index in [1.807, 2.05) is 4.83 Å². The monoisotopic (exact) mass is 406 g/mol. The zero-order valence-corrected chi connectivity index (χ0v) is 14.3. The molecule has 2 N–H and O–H groups in total. The molecule has 0 bridgehead atoms. The molecule has 0 heterocycles. The van der Waals surface area contributed by atoms with E-state index in [0.717, 1.165) is 18.2 Å². The molecule has 2 aromatic rings. The van der Waals surface area contributed by atoms with Crippen molar-refractivity contribution in [1.29, 1.82) is 0 Å². The molecule has 10 nitrogen and oxygen atoms in total. The SMILES string of the molecule is O=[N+]([O-])c1ccc(NNS(=O)(=O)c2cc(Cl)ccc2Cl)c([N+](=O)[O-])c1. The topological polar surface area (TPSA) is 144 Å². The quantitative estimate of drug-likeness (QED) is 0.553. The summed E-state index contributed by atoms with van der Waals surface area (Å²) in [6.45, 7) is 0. The summed E-state index contributed by atoms with van der Waals surface area (Å²) < 4.78 is 24.5. The predicted octanol–water partition coefficient (Wildman–Crippen LogP) is 3.12. The molecule has 2 aromatic carbocycles. The van der Waals surface area contributed by atoms with Crippen LogP contribution >= 0.6 is 23.2 Å². The molecule has 0 atom stereocenters. The minimum absolute atomic E-state index is 0.114. The van der Waals surface area contributed by atoms with E-state index in [9.17, 15) is 28.6 Å². The van der Waals surface area contributed by atoms with E-state index in [2.05, 4.69) is 5.43 Å². The number of non-ortho nitro benzene ring substituents is 1. The summed E-state index contributed by atoms with van der Waals surface area (Å²) in [7, 11) is -4.21. The Morgan fingerprint density at radius 2 is 1.64 bits per heavy atom. The smallest absolute Gasteiger partial charge is 0.300 e. The fourth-order valence-corrected chi connectivity index (χ4v) is 3.37. The van der Waals surface area contributed by atoms with Crippen LogP contribution in [0.3, 0.4) is 0 Å². The first-order chi connectivity index (χ1) is 11.6. The highest BCUT2D eigenvalue weighted by molar-refractivity contribution is 7.89. The van der Waals surface area contributed by atoms with Gasteiger partial charge < -0.3 is 5.43 Å². The van der Waals surface area contributed by atoms with Crippen LogP contribution in [0.4, 0.5) is 17.1 Å². The maximum Gasteiger partial charge on any atom is 0.300 e. The van der Waals surface area contributed by atoms with Gasteiger partial charge in [-0.3, -0.25) is 20.2 Å². The first-order valence-corrected chi connectivity index (χ1v) is 8.51. The van der Waals surface area contributed by atoms with Gasteiger partial charge in [-0.2, -0.15) is 0 Å². The second-order valence-corrected chi connectivity index (χ2v) is 7.02. The van der Waals surface area contributed by atoms with E-state index in [0.29, 0.717) is 6.07 Å². The van der Waals surface area contributed by atoms with E-state index in [4.69, 9.17) is 23.2 Å². The van der Waals surface area contributed by atoms with Crippen LogP contribution in [0.25, 0.3) is 0 Å². The van der Waals surface area contributed by atoms with Crippen LogP contribution in [-0.2, 0) is 10.0 Å². The Bertz CT molecular complexity index is 966. The number of nitrogens with zero attached hydrogens (tertiary/aromatic N) is 2. The Morgan fingerprint density at radius 3 is 2.24 bits per heavy atom. The van der Waals surface area contributed by atoms with E-state index in [1.54, 1.807) is 0 Å². The average Bonchev–Trinajstić information content (AvgIpc) is 2.54.